The fourth-order valence-electron chi connectivity index (χ4n) is 3.17. The van der Waals surface area contributed by atoms with E-state index >= 15 is 0 Å². The van der Waals surface area contributed by atoms with Crippen LogP contribution in [0.25, 0.3) is 0 Å². The average Bonchev–Trinajstić information content (AvgIpc) is 3.26. The molecular formula is C25H29N3O3S2. The zero-order valence-corrected chi connectivity index (χ0v) is 20.3. The Bertz CT molecular complexity index is 1050. The highest BCUT2D eigenvalue weighted by atomic mass is 32.2. The van der Waals surface area contributed by atoms with Crippen LogP contribution < -0.4 is 10.6 Å². The van der Waals surface area contributed by atoms with Gasteiger partial charge >= 0.3 is 5.97 Å². The molecule has 174 valence electrons. The minimum atomic E-state index is -0.917. The van der Waals surface area contributed by atoms with E-state index in [4.69, 9.17) is 5.11 Å². The number of hydrogen-bond acceptors (Lipinski definition) is 6. The summed E-state index contributed by atoms with van der Waals surface area (Å²) in [5.41, 5.74) is 3.31. The number of hydrogen-bond donors (Lipinski definition) is 3. The molecule has 0 unspecified atom stereocenters. The summed E-state index contributed by atoms with van der Waals surface area (Å²) in [5, 5.41) is 17.6. The topological polar surface area (TPSA) is 91.3 Å². The zero-order chi connectivity index (χ0) is 23.5. The Morgan fingerprint density at radius 1 is 1.06 bits per heavy atom. The van der Waals surface area contributed by atoms with Crippen LogP contribution in [0.3, 0.4) is 0 Å². The number of thioether (sulfide) groups is 1. The van der Waals surface area contributed by atoms with Crippen molar-refractivity contribution in [2.24, 2.45) is 0 Å². The van der Waals surface area contributed by atoms with Gasteiger partial charge in [-0.05, 0) is 42.0 Å². The number of thiazole rings is 1. The maximum absolute atomic E-state index is 12.4. The molecule has 8 heteroatoms. The predicted molar refractivity (Wildman–Crippen MR) is 135 cm³/mol. The van der Waals surface area contributed by atoms with Gasteiger partial charge in [0.2, 0.25) is 0 Å². The van der Waals surface area contributed by atoms with Gasteiger partial charge in [-0.15, -0.1) is 23.1 Å². The first-order chi connectivity index (χ1) is 16.0. The number of aromatic nitrogens is 1. The number of rotatable bonds is 13. The Kier molecular flexibility index (Phi) is 9.77. The van der Waals surface area contributed by atoms with Gasteiger partial charge in [-0.2, -0.15) is 0 Å². The number of carbonyl (C=O) groups excluding carboxylic acids is 1. The number of anilines is 1. The molecule has 1 amide bonds. The van der Waals surface area contributed by atoms with Crippen LogP contribution in [0.4, 0.5) is 5.69 Å². The molecule has 6 nitrogen and oxygen atoms in total. The SMILES string of the molecule is CCCCCSc1ccccc1NCc1ccc(C(=O)NCc2nc(CC(=O)O)cs2)cc1. The van der Waals surface area contributed by atoms with Crippen LogP contribution >= 0.6 is 23.1 Å². The molecule has 3 aromatic rings. The number of amides is 1. The van der Waals surface area contributed by atoms with E-state index in [0.29, 0.717) is 22.8 Å². The summed E-state index contributed by atoms with van der Waals surface area (Å²) in [6.45, 7) is 3.18. The van der Waals surface area contributed by atoms with E-state index in [1.165, 1.54) is 35.5 Å². The number of benzene rings is 2. The highest BCUT2D eigenvalue weighted by Gasteiger charge is 2.09. The monoisotopic (exact) mass is 483 g/mol. The predicted octanol–water partition coefficient (Wildman–Crippen LogP) is 5.59. The fourth-order valence-corrected chi connectivity index (χ4v) is 4.94. The Morgan fingerprint density at radius 2 is 1.85 bits per heavy atom. The zero-order valence-electron chi connectivity index (χ0n) is 18.7. The lowest BCUT2D eigenvalue weighted by molar-refractivity contribution is -0.136. The summed E-state index contributed by atoms with van der Waals surface area (Å²) in [6.07, 6.45) is 3.61. The maximum Gasteiger partial charge on any atom is 0.309 e. The third-order valence-corrected chi connectivity index (χ3v) is 6.98. The lowest BCUT2D eigenvalue weighted by Gasteiger charge is -2.12. The summed E-state index contributed by atoms with van der Waals surface area (Å²) < 4.78 is 0. The molecule has 3 rings (SSSR count). The van der Waals surface area contributed by atoms with Crippen molar-refractivity contribution >= 4 is 40.7 Å². The molecule has 2 aromatic carbocycles. The largest absolute Gasteiger partial charge is 0.481 e. The van der Waals surface area contributed by atoms with Crippen LogP contribution in [0.2, 0.25) is 0 Å². The smallest absolute Gasteiger partial charge is 0.309 e. The number of nitrogens with zero attached hydrogens (tertiary/aromatic N) is 1. The lowest BCUT2D eigenvalue weighted by Crippen LogP contribution is -2.22. The van der Waals surface area contributed by atoms with Crippen molar-refractivity contribution in [3.8, 4) is 0 Å². The second-order valence-electron chi connectivity index (χ2n) is 7.59. The van der Waals surface area contributed by atoms with Crippen molar-refractivity contribution in [2.75, 3.05) is 11.1 Å². The van der Waals surface area contributed by atoms with Crippen molar-refractivity contribution in [2.45, 2.75) is 50.6 Å². The molecule has 1 aromatic heterocycles. The molecule has 0 bridgehead atoms. The number of para-hydroxylation sites is 1. The molecule has 0 fully saturated rings. The van der Waals surface area contributed by atoms with Gasteiger partial charge in [0.05, 0.1) is 18.7 Å². The number of carboxylic acids is 1. The third-order valence-electron chi connectivity index (χ3n) is 4.92. The van der Waals surface area contributed by atoms with Crippen LogP contribution in [0.15, 0.2) is 58.8 Å². The molecule has 3 N–H and O–H groups in total. The second kappa shape index (κ2) is 13.0. The summed E-state index contributed by atoms with van der Waals surface area (Å²) in [5.74, 6) is 0.0241. The molecule has 0 aliphatic carbocycles. The summed E-state index contributed by atoms with van der Waals surface area (Å²) in [6, 6.07) is 15.9. The molecule has 0 radical (unpaired) electrons. The van der Waals surface area contributed by atoms with Gasteiger partial charge in [0.25, 0.3) is 5.91 Å². The van der Waals surface area contributed by atoms with Gasteiger partial charge in [0.15, 0.2) is 0 Å². The van der Waals surface area contributed by atoms with Crippen molar-refractivity contribution in [1.29, 1.82) is 0 Å². The summed E-state index contributed by atoms with van der Waals surface area (Å²) >= 11 is 3.23. The third kappa shape index (κ3) is 8.22. The van der Waals surface area contributed by atoms with Crippen LogP contribution in [0.1, 0.15) is 52.8 Å². The Hall–Kier alpha value is -2.84. The van der Waals surface area contributed by atoms with Gasteiger partial charge in [-0.25, -0.2) is 4.98 Å². The minimum absolute atomic E-state index is 0.109. The Labute approximate surface area is 202 Å². The molecular weight excluding hydrogens is 454 g/mol. The molecule has 0 spiro atoms. The summed E-state index contributed by atoms with van der Waals surface area (Å²) in [7, 11) is 0. The number of aliphatic carboxylic acids is 1. The standard InChI is InChI=1S/C25H29N3O3S2/c1-2-3-6-13-32-22-8-5-4-7-21(22)26-15-18-9-11-19(12-10-18)25(31)27-16-23-28-20(17-33-23)14-24(29)30/h4-5,7-12,17,26H,2-3,6,13-16H2,1H3,(H,27,31)(H,29,30). The van der Waals surface area contributed by atoms with E-state index in [0.717, 1.165) is 17.0 Å². The maximum atomic E-state index is 12.4. The molecule has 1 heterocycles. The van der Waals surface area contributed by atoms with Crippen LogP contribution in [-0.4, -0.2) is 27.7 Å². The van der Waals surface area contributed by atoms with E-state index in [1.807, 2.05) is 42.1 Å². The van der Waals surface area contributed by atoms with Gasteiger partial charge in [-0.3, -0.25) is 9.59 Å². The van der Waals surface area contributed by atoms with Crippen LogP contribution in [0, 0.1) is 0 Å². The molecule has 33 heavy (non-hydrogen) atoms. The van der Waals surface area contributed by atoms with Crippen molar-refractivity contribution in [3.63, 3.8) is 0 Å². The van der Waals surface area contributed by atoms with E-state index in [2.05, 4.69) is 40.7 Å². The molecule has 0 saturated heterocycles. The molecule has 0 aliphatic heterocycles. The number of nitrogens with one attached hydrogen (secondary N) is 2. The summed E-state index contributed by atoms with van der Waals surface area (Å²) in [4.78, 5) is 28.7. The lowest BCUT2D eigenvalue weighted by atomic mass is 10.1. The van der Waals surface area contributed by atoms with Crippen molar-refractivity contribution < 1.29 is 14.7 Å². The van der Waals surface area contributed by atoms with Crippen molar-refractivity contribution in [3.05, 3.63) is 75.7 Å². The van der Waals surface area contributed by atoms with Gasteiger partial charge in [0.1, 0.15) is 5.01 Å². The number of carboxylic acid groups (broad SMARTS) is 1. The van der Waals surface area contributed by atoms with E-state index in [1.54, 1.807) is 5.38 Å². The van der Waals surface area contributed by atoms with Crippen LogP contribution in [-0.2, 0) is 24.3 Å². The number of unbranched alkanes of at least 4 members (excludes halogenated alkanes) is 2. The second-order valence-corrected chi connectivity index (χ2v) is 9.67. The minimum Gasteiger partial charge on any atom is -0.481 e. The Morgan fingerprint density at radius 3 is 2.61 bits per heavy atom. The Balaban J connectivity index is 1.48. The number of carbonyl (C=O) groups is 2. The van der Waals surface area contributed by atoms with E-state index < -0.39 is 5.97 Å². The van der Waals surface area contributed by atoms with Gasteiger partial charge in [0, 0.05) is 28.1 Å². The van der Waals surface area contributed by atoms with E-state index in [9.17, 15) is 9.59 Å². The first-order valence-corrected chi connectivity index (χ1v) is 12.9. The van der Waals surface area contributed by atoms with Gasteiger partial charge in [-0.1, -0.05) is 44.0 Å². The molecule has 0 aliphatic rings. The fraction of sp³-hybridized carbons (Fsp3) is 0.320. The highest BCUT2D eigenvalue weighted by molar-refractivity contribution is 7.99. The van der Waals surface area contributed by atoms with E-state index in [-0.39, 0.29) is 18.9 Å². The first kappa shape index (κ1) is 24.8. The van der Waals surface area contributed by atoms with Crippen LogP contribution in [0.5, 0.6) is 0 Å². The normalized spacial score (nSPS) is 10.7. The van der Waals surface area contributed by atoms with Gasteiger partial charge < -0.3 is 15.7 Å². The molecule has 0 atom stereocenters. The highest BCUT2D eigenvalue weighted by Crippen LogP contribution is 2.28. The first-order valence-electron chi connectivity index (χ1n) is 11.0. The average molecular weight is 484 g/mol. The van der Waals surface area contributed by atoms with Crippen molar-refractivity contribution in [1.82, 2.24) is 10.3 Å². The molecule has 0 saturated carbocycles. The quantitative estimate of drug-likeness (QED) is 0.217.